The smallest absolute Gasteiger partial charge is 0.0934 e. The second-order valence-electron chi connectivity index (χ2n) is 5.05. The zero-order valence-corrected chi connectivity index (χ0v) is 11.6. The van der Waals surface area contributed by atoms with E-state index in [1.165, 1.54) is 62.1 Å². The van der Waals surface area contributed by atoms with Crippen LogP contribution in [0.2, 0.25) is 4.34 Å². The van der Waals surface area contributed by atoms with Crippen LogP contribution in [0.25, 0.3) is 0 Å². The van der Waals surface area contributed by atoms with Crippen LogP contribution in [-0.4, -0.2) is 18.1 Å². The normalized spacial score (nSPS) is 25.8. The average molecular weight is 271 g/mol. The van der Waals surface area contributed by atoms with Crippen molar-refractivity contribution >= 4 is 22.9 Å². The monoisotopic (exact) mass is 270 g/mol. The number of nitrogens with zero attached hydrogens (tertiary/aromatic N) is 1. The van der Waals surface area contributed by atoms with Crippen molar-refractivity contribution in [3.63, 3.8) is 0 Å². The molecule has 94 valence electrons. The van der Waals surface area contributed by atoms with Gasteiger partial charge in [0.2, 0.25) is 0 Å². The van der Waals surface area contributed by atoms with Gasteiger partial charge in [0.15, 0.2) is 0 Å². The summed E-state index contributed by atoms with van der Waals surface area (Å²) in [6.45, 7) is 2.40. The number of piperidine rings is 1. The van der Waals surface area contributed by atoms with E-state index in [0.717, 1.165) is 4.34 Å². The van der Waals surface area contributed by atoms with Crippen LogP contribution in [0.5, 0.6) is 0 Å². The highest BCUT2D eigenvalue weighted by Crippen LogP contribution is 2.38. The van der Waals surface area contributed by atoms with Crippen LogP contribution in [0, 0.1) is 0 Å². The van der Waals surface area contributed by atoms with Gasteiger partial charge in [-0.2, -0.15) is 0 Å². The minimum Gasteiger partial charge on any atom is -0.248 e. The molecule has 2 heterocycles. The van der Waals surface area contributed by atoms with E-state index in [1.54, 1.807) is 11.3 Å². The minimum atomic E-state index is 0.501. The SMILES string of the molecule is Clc1cc2c(s1)CCCC2NN1CCCCC1. The topological polar surface area (TPSA) is 15.3 Å². The number of fused-ring (bicyclic) bond motifs is 1. The Balaban J connectivity index is 1.71. The Morgan fingerprint density at radius 2 is 2.06 bits per heavy atom. The number of hydrogen-bond donors (Lipinski definition) is 1. The number of hydrogen-bond acceptors (Lipinski definition) is 3. The van der Waals surface area contributed by atoms with Crippen molar-refractivity contribution in [2.24, 2.45) is 0 Å². The number of thiophene rings is 1. The number of nitrogens with one attached hydrogen (secondary N) is 1. The van der Waals surface area contributed by atoms with Gasteiger partial charge in [-0.3, -0.25) is 0 Å². The Labute approximate surface area is 112 Å². The summed E-state index contributed by atoms with van der Waals surface area (Å²) in [7, 11) is 0. The molecule has 1 aliphatic heterocycles. The first kappa shape index (κ1) is 12.0. The summed E-state index contributed by atoms with van der Waals surface area (Å²) in [5.41, 5.74) is 5.16. The molecule has 1 aliphatic carbocycles. The highest BCUT2D eigenvalue weighted by molar-refractivity contribution is 7.16. The highest BCUT2D eigenvalue weighted by atomic mass is 35.5. The Morgan fingerprint density at radius 3 is 2.88 bits per heavy atom. The van der Waals surface area contributed by atoms with E-state index in [-0.39, 0.29) is 0 Å². The number of rotatable bonds is 2. The molecular weight excluding hydrogens is 252 g/mol. The van der Waals surface area contributed by atoms with Gasteiger partial charge in [-0.1, -0.05) is 18.0 Å². The lowest BCUT2D eigenvalue weighted by Crippen LogP contribution is -2.44. The third-order valence-corrected chi connectivity index (χ3v) is 5.12. The molecule has 0 amide bonds. The van der Waals surface area contributed by atoms with Crippen LogP contribution in [0.1, 0.15) is 48.6 Å². The lowest BCUT2D eigenvalue weighted by molar-refractivity contribution is 0.122. The third-order valence-electron chi connectivity index (χ3n) is 3.78. The minimum absolute atomic E-state index is 0.501. The maximum Gasteiger partial charge on any atom is 0.0934 e. The number of halogens is 1. The van der Waals surface area contributed by atoms with Gasteiger partial charge in [-0.05, 0) is 43.7 Å². The van der Waals surface area contributed by atoms with E-state index in [0.29, 0.717) is 6.04 Å². The lowest BCUT2D eigenvalue weighted by Gasteiger charge is -2.33. The molecule has 2 nitrogen and oxygen atoms in total. The Hall–Kier alpha value is -0.0900. The maximum absolute atomic E-state index is 6.14. The summed E-state index contributed by atoms with van der Waals surface area (Å²) in [6.07, 6.45) is 7.79. The molecular formula is C13H19ClN2S. The van der Waals surface area contributed by atoms with Crippen LogP contribution in [-0.2, 0) is 6.42 Å². The van der Waals surface area contributed by atoms with Gasteiger partial charge in [0.05, 0.1) is 4.34 Å². The summed E-state index contributed by atoms with van der Waals surface area (Å²) in [5.74, 6) is 0. The first-order valence-electron chi connectivity index (χ1n) is 6.62. The molecule has 0 spiro atoms. The quantitative estimate of drug-likeness (QED) is 0.880. The summed E-state index contributed by atoms with van der Waals surface area (Å²) >= 11 is 7.90. The van der Waals surface area contributed by atoms with Gasteiger partial charge < -0.3 is 0 Å². The molecule has 1 atom stereocenters. The number of hydrazine groups is 1. The van der Waals surface area contributed by atoms with E-state index < -0.39 is 0 Å². The fraction of sp³-hybridized carbons (Fsp3) is 0.692. The first-order valence-corrected chi connectivity index (χ1v) is 7.81. The van der Waals surface area contributed by atoms with Crippen molar-refractivity contribution in [2.45, 2.75) is 44.6 Å². The van der Waals surface area contributed by atoms with E-state index in [2.05, 4.69) is 16.5 Å². The molecule has 1 saturated heterocycles. The van der Waals surface area contributed by atoms with E-state index in [4.69, 9.17) is 11.6 Å². The van der Waals surface area contributed by atoms with Crippen molar-refractivity contribution in [2.75, 3.05) is 13.1 Å². The van der Waals surface area contributed by atoms with Gasteiger partial charge in [0.25, 0.3) is 0 Å². The molecule has 3 rings (SSSR count). The van der Waals surface area contributed by atoms with Gasteiger partial charge in [-0.25, -0.2) is 10.4 Å². The van der Waals surface area contributed by atoms with Gasteiger partial charge in [0, 0.05) is 24.0 Å². The molecule has 1 unspecified atom stereocenters. The van der Waals surface area contributed by atoms with Gasteiger partial charge in [0.1, 0.15) is 0 Å². The first-order chi connectivity index (χ1) is 8.33. The fourth-order valence-corrected chi connectivity index (χ4v) is 4.28. The standard InChI is InChI=1S/C13H19ClN2S/c14-13-9-10-11(5-4-6-12(10)17-13)15-16-7-2-1-3-8-16/h9,11,15H,1-8H2. The second-order valence-corrected chi connectivity index (χ2v) is 6.82. The van der Waals surface area contributed by atoms with Crippen molar-refractivity contribution < 1.29 is 0 Å². The summed E-state index contributed by atoms with van der Waals surface area (Å²) < 4.78 is 0.947. The van der Waals surface area contributed by atoms with Crippen LogP contribution in [0.4, 0.5) is 0 Å². The van der Waals surface area contributed by atoms with Crippen molar-refractivity contribution in [3.8, 4) is 0 Å². The van der Waals surface area contributed by atoms with Gasteiger partial charge >= 0.3 is 0 Å². The summed E-state index contributed by atoms with van der Waals surface area (Å²) in [5, 5.41) is 2.41. The summed E-state index contributed by atoms with van der Waals surface area (Å²) in [4.78, 5) is 1.50. The molecule has 1 N–H and O–H groups in total. The number of aryl methyl sites for hydroxylation is 1. The molecule has 1 aromatic heterocycles. The van der Waals surface area contributed by atoms with E-state index >= 15 is 0 Å². The largest absolute Gasteiger partial charge is 0.248 e. The zero-order chi connectivity index (χ0) is 11.7. The molecule has 1 aromatic rings. The van der Waals surface area contributed by atoms with Crippen LogP contribution in [0.15, 0.2) is 6.07 Å². The predicted molar refractivity (Wildman–Crippen MR) is 73.6 cm³/mol. The zero-order valence-electron chi connectivity index (χ0n) is 10.0. The van der Waals surface area contributed by atoms with Gasteiger partial charge in [-0.15, -0.1) is 11.3 Å². The Bertz CT molecular complexity index is 385. The molecule has 0 bridgehead atoms. The second kappa shape index (κ2) is 5.27. The molecule has 17 heavy (non-hydrogen) atoms. The molecule has 4 heteroatoms. The van der Waals surface area contributed by atoms with E-state index in [9.17, 15) is 0 Å². The Kier molecular flexibility index (Phi) is 3.71. The third kappa shape index (κ3) is 2.68. The molecule has 1 fully saturated rings. The van der Waals surface area contributed by atoms with Crippen molar-refractivity contribution in [3.05, 3.63) is 20.8 Å². The highest BCUT2D eigenvalue weighted by Gasteiger charge is 2.24. The Morgan fingerprint density at radius 1 is 1.24 bits per heavy atom. The van der Waals surface area contributed by atoms with Crippen LogP contribution < -0.4 is 5.43 Å². The van der Waals surface area contributed by atoms with Crippen LogP contribution in [0.3, 0.4) is 0 Å². The van der Waals surface area contributed by atoms with Crippen molar-refractivity contribution in [1.29, 1.82) is 0 Å². The maximum atomic E-state index is 6.14. The van der Waals surface area contributed by atoms with E-state index in [1.807, 2.05) is 0 Å². The average Bonchev–Trinajstić information content (AvgIpc) is 2.72. The van der Waals surface area contributed by atoms with Crippen molar-refractivity contribution in [1.82, 2.24) is 10.4 Å². The fourth-order valence-electron chi connectivity index (χ4n) is 2.90. The predicted octanol–water partition coefficient (Wildman–Crippen LogP) is 3.77. The molecule has 2 aliphatic rings. The lowest BCUT2D eigenvalue weighted by atomic mass is 9.94. The molecule has 0 saturated carbocycles. The molecule has 0 radical (unpaired) electrons. The summed E-state index contributed by atoms with van der Waals surface area (Å²) in [6, 6.07) is 2.67. The van der Waals surface area contributed by atoms with Crippen LogP contribution >= 0.6 is 22.9 Å². The molecule has 0 aromatic carbocycles.